The lowest BCUT2D eigenvalue weighted by Crippen LogP contribution is -2.08. The number of anilines is 1. The first-order chi connectivity index (χ1) is 14.9. The van der Waals surface area contributed by atoms with Crippen LogP contribution in [0.3, 0.4) is 0 Å². The van der Waals surface area contributed by atoms with Crippen LogP contribution >= 0.6 is 11.6 Å². The van der Waals surface area contributed by atoms with Gasteiger partial charge in [0.15, 0.2) is 0 Å². The number of nitrogens with zero attached hydrogens (tertiary/aromatic N) is 4. The van der Waals surface area contributed by atoms with E-state index in [0.717, 1.165) is 11.1 Å². The van der Waals surface area contributed by atoms with Crippen LogP contribution in [-0.4, -0.2) is 31.1 Å². The summed E-state index contributed by atoms with van der Waals surface area (Å²) in [6.45, 7) is -2.98. The predicted molar refractivity (Wildman–Crippen MR) is 110 cm³/mol. The highest BCUT2D eigenvalue weighted by atomic mass is 35.5. The van der Waals surface area contributed by atoms with E-state index >= 15 is 0 Å². The summed E-state index contributed by atoms with van der Waals surface area (Å²) in [4.78, 5) is 12.6. The molecule has 0 amide bonds. The van der Waals surface area contributed by atoms with Gasteiger partial charge in [0, 0.05) is 46.2 Å². The van der Waals surface area contributed by atoms with Gasteiger partial charge in [-0.05, 0) is 36.8 Å². The van der Waals surface area contributed by atoms with Crippen molar-refractivity contribution in [3.63, 3.8) is 0 Å². The first-order valence-corrected chi connectivity index (χ1v) is 9.80. The summed E-state index contributed by atoms with van der Waals surface area (Å²) in [5.41, 5.74) is 9.41. The van der Waals surface area contributed by atoms with Gasteiger partial charge in [-0.25, -0.2) is 15.0 Å². The van der Waals surface area contributed by atoms with Crippen LogP contribution in [0.1, 0.15) is 35.4 Å². The van der Waals surface area contributed by atoms with Gasteiger partial charge in [0.05, 0.1) is 17.5 Å². The molecule has 5 rings (SSSR count). The number of aliphatic hydroxyl groups is 1. The van der Waals surface area contributed by atoms with Crippen molar-refractivity contribution < 1.29 is 18.6 Å². The molecule has 31 heavy (non-hydrogen) atoms. The maximum absolute atomic E-state index is 13.0. The molecule has 2 atom stereocenters. The fourth-order valence-corrected chi connectivity index (χ4v) is 4.23. The summed E-state index contributed by atoms with van der Waals surface area (Å²) >= 11 is 6.15. The lowest BCUT2D eigenvalue weighted by Gasteiger charge is -2.18. The standard InChI is InChI=1S/C21H16ClF2N5O2/c22-12-2-3-16(31-20(23)24)13(5-12)14-6-15(30)18-19(14)29-9-10(1-4-17(29)28-18)11-7-26-21(25)27-8-11/h1-5,7-9,14-15,20,30H,6H2,(H2,25,26,27)/t14-,15-/m1/s1. The number of rotatable bonds is 4. The fourth-order valence-electron chi connectivity index (χ4n) is 4.05. The first-order valence-electron chi connectivity index (χ1n) is 9.43. The molecule has 7 nitrogen and oxygen atoms in total. The summed E-state index contributed by atoms with van der Waals surface area (Å²) in [5, 5.41) is 11.0. The molecule has 1 aliphatic rings. The zero-order valence-electron chi connectivity index (χ0n) is 15.9. The Bertz CT molecular complexity index is 1280. The molecule has 3 N–H and O–H groups in total. The molecule has 0 radical (unpaired) electrons. The van der Waals surface area contributed by atoms with Crippen molar-refractivity contribution >= 4 is 23.2 Å². The van der Waals surface area contributed by atoms with E-state index < -0.39 is 18.6 Å². The zero-order valence-corrected chi connectivity index (χ0v) is 16.7. The number of hydrogen-bond donors (Lipinski definition) is 2. The van der Waals surface area contributed by atoms with Gasteiger partial charge in [0.25, 0.3) is 0 Å². The summed E-state index contributed by atoms with van der Waals surface area (Å²) in [6, 6.07) is 8.15. The smallest absolute Gasteiger partial charge is 0.387 e. The summed E-state index contributed by atoms with van der Waals surface area (Å²) in [5.74, 6) is -0.253. The molecule has 3 heterocycles. The molecule has 4 aromatic rings. The first kappa shape index (κ1) is 19.7. The number of hydrogen-bond acceptors (Lipinski definition) is 6. The Labute approximate surface area is 180 Å². The Hall–Kier alpha value is -3.30. The number of ether oxygens (including phenoxy) is 1. The third-order valence-corrected chi connectivity index (χ3v) is 5.59. The Morgan fingerprint density at radius 2 is 1.94 bits per heavy atom. The van der Waals surface area contributed by atoms with E-state index in [1.165, 1.54) is 12.1 Å². The third kappa shape index (κ3) is 3.45. The van der Waals surface area contributed by atoms with Gasteiger partial charge in [-0.1, -0.05) is 11.6 Å². The Morgan fingerprint density at radius 1 is 1.16 bits per heavy atom. The summed E-state index contributed by atoms with van der Waals surface area (Å²) < 4.78 is 32.5. The molecule has 1 aliphatic carbocycles. The molecule has 3 aromatic heterocycles. The van der Waals surface area contributed by atoms with Gasteiger partial charge < -0.3 is 20.0 Å². The molecule has 0 bridgehead atoms. The minimum absolute atomic E-state index is 0.0162. The summed E-state index contributed by atoms with van der Waals surface area (Å²) in [6.07, 6.45) is 4.49. The van der Waals surface area contributed by atoms with Crippen molar-refractivity contribution in [3.05, 3.63) is 70.9 Å². The topological polar surface area (TPSA) is 98.6 Å². The van der Waals surface area contributed by atoms with Crippen LogP contribution in [0.2, 0.25) is 5.02 Å². The van der Waals surface area contributed by atoms with Gasteiger partial charge in [0.1, 0.15) is 11.4 Å². The van der Waals surface area contributed by atoms with Gasteiger partial charge in [-0.15, -0.1) is 0 Å². The average molecular weight is 444 g/mol. The van der Waals surface area contributed by atoms with Crippen molar-refractivity contribution in [2.75, 3.05) is 5.73 Å². The van der Waals surface area contributed by atoms with Crippen LogP contribution in [0, 0.1) is 0 Å². The molecule has 0 saturated heterocycles. The Morgan fingerprint density at radius 3 is 2.68 bits per heavy atom. The van der Waals surface area contributed by atoms with E-state index in [2.05, 4.69) is 15.0 Å². The minimum atomic E-state index is -2.98. The van der Waals surface area contributed by atoms with E-state index in [1.54, 1.807) is 18.5 Å². The maximum Gasteiger partial charge on any atom is 0.387 e. The quantitative estimate of drug-likeness (QED) is 0.490. The van der Waals surface area contributed by atoms with Crippen LogP contribution in [0.25, 0.3) is 16.8 Å². The van der Waals surface area contributed by atoms with Gasteiger partial charge in [-0.3, -0.25) is 0 Å². The molecule has 0 unspecified atom stereocenters. The normalized spacial score (nSPS) is 18.0. The number of halogens is 3. The highest BCUT2D eigenvalue weighted by Crippen LogP contribution is 2.47. The van der Waals surface area contributed by atoms with Crippen LogP contribution in [0.4, 0.5) is 14.7 Å². The lowest BCUT2D eigenvalue weighted by molar-refractivity contribution is -0.0505. The molecular formula is C21H16ClF2N5O2. The second-order valence-electron chi connectivity index (χ2n) is 7.22. The van der Waals surface area contributed by atoms with E-state index in [1.807, 2.05) is 22.7 Å². The van der Waals surface area contributed by atoms with E-state index in [4.69, 9.17) is 22.1 Å². The number of pyridine rings is 1. The van der Waals surface area contributed by atoms with Crippen LogP contribution in [-0.2, 0) is 0 Å². The number of aromatic nitrogens is 4. The van der Waals surface area contributed by atoms with Gasteiger partial charge in [0.2, 0.25) is 5.95 Å². The molecule has 10 heteroatoms. The van der Waals surface area contributed by atoms with E-state index in [0.29, 0.717) is 27.6 Å². The molecular weight excluding hydrogens is 428 g/mol. The monoisotopic (exact) mass is 443 g/mol. The number of imidazole rings is 1. The fraction of sp³-hybridized carbons (Fsp3) is 0.190. The SMILES string of the molecule is Nc1ncc(-c2ccc3nc4c(n3c2)[C@@H](c2cc(Cl)ccc2OC(F)F)C[C@H]4O)cn1. The second-order valence-corrected chi connectivity index (χ2v) is 7.66. The van der Waals surface area contributed by atoms with Crippen LogP contribution in [0.5, 0.6) is 5.75 Å². The number of alkyl halides is 2. The minimum Gasteiger partial charge on any atom is -0.435 e. The van der Waals surface area contributed by atoms with Crippen molar-refractivity contribution in [1.29, 1.82) is 0 Å². The predicted octanol–water partition coefficient (Wildman–Crippen LogP) is 4.20. The highest BCUT2D eigenvalue weighted by Gasteiger charge is 2.37. The average Bonchev–Trinajstić information content (AvgIpc) is 3.27. The van der Waals surface area contributed by atoms with Crippen molar-refractivity contribution in [3.8, 4) is 16.9 Å². The van der Waals surface area contributed by atoms with E-state index in [9.17, 15) is 13.9 Å². The van der Waals surface area contributed by atoms with Crippen molar-refractivity contribution in [1.82, 2.24) is 19.4 Å². The molecule has 0 saturated carbocycles. The second kappa shape index (κ2) is 7.44. The number of fused-ring (bicyclic) bond motifs is 3. The molecule has 158 valence electrons. The van der Waals surface area contributed by atoms with Crippen LogP contribution < -0.4 is 10.5 Å². The number of benzene rings is 1. The maximum atomic E-state index is 13.0. The van der Waals surface area contributed by atoms with Crippen molar-refractivity contribution in [2.24, 2.45) is 0 Å². The molecule has 0 fully saturated rings. The van der Waals surface area contributed by atoms with E-state index in [-0.39, 0.29) is 18.1 Å². The number of nitrogens with two attached hydrogens (primary N) is 1. The molecule has 0 spiro atoms. The number of aliphatic hydroxyl groups excluding tert-OH is 1. The zero-order chi connectivity index (χ0) is 21.7. The Balaban J connectivity index is 1.67. The molecule has 1 aromatic carbocycles. The van der Waals surface area contributed by atoms with Gasteiger partial charge in [-0.2, -0.15) is 8.78 Å². The van der Waals surface area contributed by atoms with Crippen molar-refractivity contribution in [2.45, 2.75) is 25.1 Å². The Kier molecular flexibility index (Phi) is 4.71. The highest BCUT2D eigenvalue weighted by molar-refractivity contribution is 6.30. The third-order valence-electron chi connectivity index (χ3n) is 5.36. The lowest BCUT2D eigenvalue weighted by atomic mass is 9.95. The summed E-state index contributed by atoms with van der Waals surface area (Å²) in [7, 11) is 0. The largest absolute Gasteiger partial charge is 0.435 e. The molecule has 0 aliphatic heterocycles. The van der Waals surface area contributed by atoms with Gasteiger partial charge >= 0.3 is 6.61 Å². The van der Waals surface area contributed by atoms with Crippen LogP contribution in [0.15, 0.2) is 48.9 Å². The number of nitrogen functional groups attached to an aromatic ring is 1.